The molecular weight excluding hydrogens is 354 g/mol. The first-order valence-electron chi connectivity index (χ1n) is 10.6. The third-order valence-electron chi connectivity index (χ3n) is 6.08. The highest BCUT2D eigenvalue weighted by molar-refractivity contribution is 5.94. The quantitative estimate of drug-likeness (QED) is 0.639. The Kier molecular flexibility index (Phi) is 7.45. The van der Waals surface area contributed by atoms with Gasteiger partial charge in [0.05, 0.1) is 6.10 Å². The molecule has 0 bridgehead atoms. The highest BCUT2D eigenvalue weighted by Crippen LogP contribution is 2.38. The lowest BCUT2D eigenvalue weighted by Gasteiger charge is -2.35. The molecule has 0 radical (unpaired) electrons. The highest BCUT2D eigenvalue weighted by atomic mass is 16.5. The van der Waals surface area contributed by atoms with Crippen molar-refractivity contribution in [2.24, 2.45) is 11.1 Å². The largest absolute Gasteiger partial charge is 0.376 e. The molecule has 0 spiro atoms. The fourth-order valence-electron chi connectivity index (χ4n) is 4.30. The van der Waals surface area contributed by atoms with Crippen molar-refractivity contribution in [1.29, 1.82) is 0 Å². The molecule has 1 saturated carbocycles. The molecule has 1 atom stereocenters. The number of carbonyl (C=O) groups is 2. The molecule has 0 aromatic heterocycles. The molecular formula is C22H33N3O3. The summed E-state index contributed by atoms with van der Waals surface area (Å²) < 4.78 is 5.54. The normalized spacial score (nSPS) is 21.2. The molecule has 1 heterocycles. The van der Waals surface area contributed by atoms with E-state index in [1.54, 1.807) is 6.07 Å². The molecule has 1 aliphatic heterocycles. The van der Waals surface area contributed by atoms with Crippen LogP contribution in [0.25, 0.3) is 0 Å². The van der Waals surface area contributed by atoms with E-state index in [-0.39, 0.29) is 23.3 Å². The molecule has 1 aliphatic carbocycles. The van der Waals surface area contributed by atoms with E-state index in [1.165, 1.54) is 6.42 Å². The first-order valence-corrected chi connectivity index (χ1v) is 10.6. The van der Waals surface area contributed by atoms with E-state index in [1.807, 2.05) is 18.2 Å². The van der Waals surface area contributed by atoms with Crippen LogP contribution in [0.2, 0.25) is 0 Å². The van der Waals surface area contributed by atoms with Gasteiger partial charge in [0.1, 0.15) is 0 Å². The smallest absolute Gasteiger partial charge is 0.251 e. The predicted octanol–water partition coefficient (Wildman–Crippen LogP) is 2.51. The molecule has 6 heteroatoms. The first kappa shape index (κ1) is 20.8. The molecule has 28 heavy (non-hydrogen) atoms. The van der Waals surface area contributed by atoms with E-state index in [0.717, 1.165) is 50.7 Å². The molecule has 2 fully saturated rings. The molecule has 4 N–H and O–H groups in total. The zero-order valence-electron chi connectivity index (χ0n) is 16.7. The zero-order valence-corrected chi connectivity index (χ0v) is 16.7. The standard InChI is InChI=1S/C22H33N3O3/c23-16-22(9-2-1-3-10-22)13-20(26)24-14-17-6-4-7-18(12-17)21(27)25-15-19-8-5-11-28-19/h4,6-7,12,19H,1-3,5,8-11,13-16,23H2,(H,24,26)(H,25,27). The van der Waals surface area contributed by atoms with Crippen LogP contribution >= 0.6 is 0 Å². The minimum absolute atomic E-state index is 0.0353. The van der Waals surface area contributed by atoms with Gasteiger partial charge in [0.25, 0.3) is 5.91 Å². The molecule has 2 amide bonds. The van der Waals surface area contributed by atoms with Gasteiger partial charge >= 0.3 is 0 Å². The lowest BCUT2D eigenvalue weighted by atomic mass is 9.71. The van der Waals surface area contributed by atoms with Crippen LogP contribution in [0.3, 0.4) is 0 Å². The summed E-state index contributed by atoms with van der Waals surface area (Å²) in [6.45, 7) is 2.31. The number of rotatable bonds is 8. The summed E-state index contributed by atoms with van der Waals surface area (Å²) in [6.07, 6.45) is 8.31. The number of hydrogen-bond acceptors (Lipinski definition) is 4. The number of nitrogens with one attached hydrogen (secondary N) is 2. The van der Waals surface area contributed by atoms with Gasteiger partial charge in [-0.05, 0) is 55.3 Å². The minimum Gasteiger partial charge on any atom is -0.376 e. The minimum atomic E-state index is -0.104. The van der Waals surface area contributed by atoms with E-state index in [4.69, 9.17) is 10.5 Å². The second kappa shape index (κ2) is 10.0. The monoisotopic (exact) mass is 387 g/mol. The SMILES string of the molecule is NCC1(CC(=O)NCc2cccc(C(=O)NCC3CCCO3)c2)CCCCC1. The van der Waals surface area contributed by atoms with E-state index in [9.17, 15) is 9.59 Å². The van der Waals surface area contributed by atoms with Crippen LogP contribution in [0, 0.1) is 5.41 Å². The topological polar surface area (TPSA) is 93.5 Å². The fraction of sp³-hybridized carbons (Fsp3) is 0.636. The number of amides is 2. The van der Waals surface area contributed by atoms with Gasteiger partial charge in [0.15, 0.2) is 0 Å². The van der Waals surface area contributed by atoms with Gasteiger partial charge in [-0.15, -0.1) is 0 Å². The van der Waals surface area contributed by atoms with Crippen molar-refractivity contribution in [3.63, 3.8) is 0 Å². The van der Waals surface area contributed by atoms with E-state index >= 15 is 0 Å². The highest BCUT2D eigenvalue weighted by Gasteiger charge is 2.32. The van der Waals surface area contributed by atoms with Crippen molar-refractivity contribution in [2.45, 2.75) is 64.0 Å². The van der Waals surface area contributed by atoms with Crippen molar-refractivity contribution in [2.75, 3.05) is 19.7 Å². The van der Waals surface area contributed by atoms with Crippen LogP contribution < -0.4 is 16.4 Å². The number of carbonyl (C=O) groups excluding carboxylic acids is 2. The fourth-order valence-corrected chi connectivity index (χ4v) is 4.30. The lowest BCUT2D eigenvalue weighted by Crippen LogP contribution is -2.38. The Morgan fingerprint density at radius 1 is 1.14 bits per heavy atom. The number of benzene rings is 1. The summed E-state index contributed by atoms with van der Waals surface area (Å²) in [5.74, 6) is -0.0615. The van der Waals surface area contributed by atoms with Gasteiger partial charge < -0.3 is 21.1 Å². The second-order valence-corrected chi connectivity index (χ2v) is 8.26. The van der Waals surface area contributed by atoms with Gasteiger partial charge in [0.2, 0.25) is 5.91 Å². The molecule has 154 valence electrons. The van der Waals surface area contributed by atoms with Crippen LogP contribution in [0.4, 0.5) is 0 Å². The maximum Gasteiger partial charge on any atom is 0.251 e. The molecule has 6 nitrogen and oxygen atoms in total. The maximum atomic E-state index is 12.5. The van der Waals surface area contributed by atoms with Crippen molar-refractivity contribution in [3.05, 3.63) is 35.4 Å². The molecule has 3 rings (SSSR count). The van der Waals surface area contributed by atoms with Gasteiger partial charge in [-0.2, -0.15) is 0 Å². The van der Waals surface area contributed by atoms with Crippen LogP contribution in [-0.4, -0.2) is 37.6 Å². The van der Waals surface area contributed by atoms with Gasteiger partial charge in [-0.25, -0.2) is 0 Å². The van der Waals surface area contributed by atoms with Crippen LogP contribution in [0.5, 0.6) is 0 Å². The van der Waals surface area contributed by atoms with E-state index in [0.29, 0.717) is 31.6 Å². The Morgan fingerprint density at radius 3 is 2.68 bits per heavy atom. The second-order valence-electron chi connectivity index (χ2n) is 8.26. The summed E-state index contributed by atoms with van der Waals surface area (Å²) in [7, 11) is 0. The van der Waals surface area contributed by atoms with Crippen LogP contribution in [-0.2, 0) is 16.1 Å². The van der Waals surface area contributed by atoms with Gasteiger partial charge in [0, 0.05) is 31.7 Å². The average Bonchev–Trinajstić information content (AvgIpc) is 3.25. The van der Waals surface area contributed by atoms with Gasteiger partial charge in [-0.3, -0.25) is 9.59 Å². The zero-order chi connectivity index (χ0) is 19.8. The maximum absolute atomic E-state index is 12.5. The summed E-state index contributed by atoms with van der Waals surface area (Å²) in [5.41, 5.74) is 7.48. The van der Waals surface area contributed by atoms with E-state index < -0.39 is 0 Å². The van der Waals surface area contributed by atoms with Crippen LogP contribution in [0.1, 0.15) is 67.3 Å². The molecule has 1 aromatic carbocycles. The van der Waals surface area contributed by atoms with E-state index in [2.05, 4.69) is 10.6 Å². The Balaban J connectivity index is 1.48. The number of hydrogen-bond donors (Lipinski definition) is 3. The lowest BCUT2D eigenvalue weighted by molar-refractivity contribution is -0.124. The Labute approximate surface area is 167 Å². The van der Waals surface area contributed by atoms with Crippen molar-refractivity contribution < 1.29 is 14.3 Å². The Bertz CT molecular complexity index is 665. The summed E-state index contributed by atoms with van der Waals surface area (Å²) in [6, 6.07) is 7.41. The Morgan fingerprint density at radius 2 is 1.96 bits per heavy atom. The molecule has 1 unspecified atom stereocenters. The Hall–Kier alpha value is -1.92. The number of ether oxygens (including phenoxy) is 1. The molecule has 1 aromatic rings. The predicted molar refractivity (Wildman–Crippen MR) is 109 cm³/mol. The van der Waals surface area contributed by atoms with Crippen molar-refractivity contribution in [3.8, 4) is 0 Å². The third kappa shape index (κ3) is 5.79. The average molecular weight is 388 g/mol. The van der Waals surface area contributed by atoms with Crippen molar-refractivity contribution in [1.82, 2.24) is 10.6 Å². The first-order chi connectivity index (χ1) is 13.6. The summed E-state index contributed by atoms with van der Waals surface area (Å²) >= 11 is 0. The number of nitrogens with two attached hydrogens (primary N) is 1. The van der Waals surface area contributed by atoms with Crippen molar-refractivity contribution >= 4 is 11.8 Å². The third-order valence-corrected chi connectivity index (χ3v) is 6.08. The summed E-state index contributed by atoms with van der Waals surface area (Å²) in [4.78, 5) is 24.8. The van der Waals surface area contributed by atoms with Gasteiger partial charge in [-0.1, -0.05) is 31.4 Å². The van der Waals surface area contributed by atoms with Crippen LogP contribution in [0.15, 0.2) is 24.3 Å². The molecule has 2 aliphatic rings. The summed E-state index contributed by atoms with van der Waals surface area (Å²) in [5, 5.41) is 5.94. The molecule has 1 saturated heterocycles.